The fourth-order valence-corrected chi connectivity index (χ4v) is 3.78. The van der Waals surface area contributed by atoms with Crippen molar-refractivity contribution in [3.8, 4) is 6.07 Å². The minimum atomic E-state index is -0.431. The van der Waals surface area contributed by atoms with E-state index in [9.17, 15) is 8.78 Å². The molecule has 0 saturated carbocycles. The molecule has 25 heavy (non-hydrogen) atoms. The second kappa shape index (κ2) is 7.78. The summed E-state index contributed by atoms with van der Waals surface area (Å²) in [6, 6.07) is 10.7. The Morgan fingerprint density at radius 2 is 1.92 bits per heavy atom. The third-order valence-electron chi connectivity index (χ3n) is 5.22. The maximum atomic E-state index is 14.2. The number of nitriles is 1. The summed E-state index contributed by atoms with van der Waals surface area (Å²) in [5.41, 5.74) is 4.05. The van der Waals surface area contributed by atoms with Gasteiger partial charge in [-0.25, -0.2) is 8.78 Å². The van der Waals surface area contributed by atoms with Crippen LogP contribution in [0.15, 0.2) is 30.3 Å². The number of fused-ring (bicyclic) bond motifs is 1. The highest BCUT2D eigenvalue weighted by molar-refractivity contribution is 5.41. The first-order valence-electron chi connectivity index (χ1n) is 9.09. The van der Waals surface area contributed by atoms with Gasteiger partial charge in [-0.3, -0.25) is 0 Å². The molecule has 0 aliphatic heterocycles. The SMILES string of the molecule is CCCc1ccc(CCC2CCc3cc(C#N)c(F)cc3C2)c(F)c1. The first kappa shape index (κ1) is 17.6. The average molecular weight is 339 g/mol. The molecule has 1 aliphatic rings. The molecule has 0 N–H and O–H groups in total. The van der Waals surface area contributed by atoms with Crippen molar-refractivity contribution < 1.29 is 8.78 Å². The molecular formula is C22H23F2N. The van der Waals surface area contributed by atoms with E-state index in [1.165, 1.54) is 6.07 Å². The normalized spacial score (nSPS) is 16.3. The number of halogens is 2. The van der Waals surface area contributed by atoms with Crippen molar-refractivity contribution in [2.75, 3.05) is 0 Å². The van der Waals surface area contributed by atoms with Gasteiger partial charge in [-0.2, -0.15) is 5.26 Å². The Morgan fingerprint density at radius 3 is 2.64 bits per heavy atom. The Kier molecular flexibility index (Phi) is 5.48. The molecule has 0 fully saturated rings. The molecule has 1 nitrogen and oxygen atoms in total. The van der Waals surface area contributed by atoms with Crippen molar-refractivity contribution in [3.05, 3.63) is 69.8 Å². The molecule has 3 rings (SSSR count). The van der Waals surface area contributed by atoms with Gasteiger partial charge in [0.2, 0.25) is 0 Å². The summed E-state index contributed by atoms with van der Waals surface area (Å²) in [5, 5.41) is 8.94. The molecule has 1 aliphatic carbocycles. The summed E-state index contributed by atoms with van der Waals surface area (Å²) in [5.74, 6) is -0.0964. The zero-order valence-electron chi connectivity index (χ0n) is 14.6. The van der Waals surface area contributed by atoms with Gasteiger partial charge in [0.15, 0.2) is 0 Å². The van der Waals surface area contributed by atoms with Crippen LogP contribution < -0.4 is 0 Å². The number of benzene rings is 2. The van der Waals surface area contributed by atoms with Gasteiger partial charge in [-0.05, 0) is 84.9 Å². The lowest BCUT2D eigenvalue weighted by Gasteiger charge is -2.25. The van der Waals surface area contributed by atoms with Gasteiger partial charge in [0, 0.05) is 0 Å². The maximum absolute atomic E-state index is 14.2. The number of hydrogen-bond donors (Lipinski definition) is 0. The van der Waals surface area contributed by atoms with Crippen LogP contribution in [0.3, 0.4) is 0 Å². The number of aryl methyl sites for hydroxylation is 3. The lowest BCUT2D eigenvalue weighted by molar-refractivity contribution is 0.422. The van der Waals surface area contributed by atoms with E-state index in [-0.39, 0.29) is 11.4 Å². The first-order valence-corrected chi connectivity index (χ1v) is 9.09. The zero-order chi connectivity index (χ0) is 17.8. The Bertz CT molecular complexity index is 804. The van der Waals surface area contributed by atoms with E-state index in [1.54, 1.807) is 12.1 Å². The van der Waals surface area contributed by atoms with E-state index in [0.717, 1.165) is 67.2 Å². The summed E-state index contributed by atoms with van der Waals surface area (Å²) in [4.78, 5) is 0. The maximum Gasteiger partial charge on any atom is 0.141 e. The van der Waals surface area contributed by atoms with Crippen LogP contribution in [0.4, 0.5) is 8.78 Å². The Hall–Kier alpha value is -2.21. The highest BCUT2D eigenvalue weighted by Gasteiger charge is 2.21. The smallest absolute Gasteiger partial charge is 0.141 e. The molecule has 130 valence electrons. The predicted molar refractivity (Wildman–Crippen MR) is 95.3 cm³/mol. The van der Waals surface area contributed by atoms with Crippen molar-refractivity contribution in [3.63, 3.8) is 0 Å². The molecule has 1 atom stereocenters. The zero-order valence-corrected chi connectivity index (χ0v) is 14.6. The Morgan fingerprint density at radius 1 is 1.08 bits per heavy atom. The summed E-state index contributed by atoms with van der Waals surface area (Å²) in [6.45, 7) is 2.09. The second-order valence-corrected chi connectivity index (χ2v) is 7.04. The average Bonchev–Trinajstić information content (AvgIpc) is 2.60. The van der Waals surface area contributed by atoms with Crippen molar-refractivity contribution in [2.24, 2.45) is 5.92 Å². The lowest BCUT2D eigenvalue weighted by Crippen LogP contribution is -2.16. The van der Waals surface area contributed by atoms with Gasteiger partial charge in [0.05, 0.1) is 5.56 Å². The summed E-state index contributed by atoms with van der Waals surface area (Å²) in [7, 11) is 0. The monoisotopic (exact) mass is 339 g/mol. The van der Waals surface area contributed by atoms with Crippen LogP contribution in [0.2, 0.25) is 0 Å². The molecule has 0 radical (unpaired) electrons. The highest BCUT2D eigenvalue weighted by atomic mass is 19.1. The van der Waals surface area contributed by atoms with Crippen molar-refractivity contribution in [1.82, 2.24) is 0 Å². The third-order valence-corrected chi connectivity index (χ3v) is 5.22. The first-order chi connectivity index (χ1) is 12.1. The second-order valence-electron chi connectivity index (χ2n) is 7.04. The minimum Gasteiger partial charge on any atom is -0.207 e. The van der Waals surface area contributed by atoms with E-state index < -0.39 is 5.82 Å². The van der Waals surface area contributed by atoms with E-state index >= 15 is 0 Å². The van der Waals surface area contributed by atoms with Crippen LogP contribution in [0, 0.1) is 28.9 Å². The molecule has 0 heterocycles. The minimum absolute atomic E-state index is 0.105. The van der Waals surface area contributed by atoms with Crippen LogP contribution in [0.25, 0.3) is 0 Å². The molecule has 3 heteroatoms. The number of nitrogens with zero attached hydrogens (tertiary/aromatic N) is 1. The number of rotatable bonds is 5. The van der Waals surface area contributed by atoms with E-state index in [2.05, 4.69) is 6.92 Å². The third kappa shape index (κ3) is 4.07. The van der Waals surface area contributed by atoms with Gasteiger partial charge >= 0.3 is 0 Å². The molecular weight excluding hydrogens is 316 g/mol. The van der Waals surface area contributed by atoms with Crippen LogP contribution in [0.5, 0.6) is 0 Å². The molecule has 2 aromatic carbocycles. The molecule has 0 spiro atoms. The van der Waals surface area contributed by atoms with E-state index in [0.29, 0.717) is 5.92 Å². The van der Waals surface area contributed by atoms with Crippen molar-refractivity contribution in [2.45, 2.75) is 51.9 Å². The Balaban J connectivity index is 1.64. The van der Waals surface area contributed by atoms with E-state index in [1.807, 2.05) is 18.2 Å². The molecule has 0 aromatic heterocycles. The molecule has 0 amide bonds. The quantitative estimate of drug-likeness (QED) is 0.703. The predicted octanol–water partition coefficient (Wildman–Crippen LogP) is 5.53. The summed E-state index contributed by atoms with van der Waals surface area (Å²) in [6.07, 6.45) is 6.25. The van der Waals surface area contributed by atoms with Crippen LogP contribution in [-0.2, 0) is 25.7 Å². The molecule has 2 aromatic rings. The summed E-state index contributed by atoms with van der Waals surface area (Å²) >= 11 is 0. The molecule has 1 unspecified atom stereocenters. The van der Waals surface area contributed by atoms with Gasteiger partial charge in [-0.1, -0.05) is 25.5 Å². The topological polar surface area (TPSA) is 23.8 Å². The fourth-order valence-electron chi connectivity index (χ4n) is 3.78. The van der Waals surface area contributed by atoms with Crippen LogP contribution in [0.1, 0.15) is 54.0 Å². The van der Waals surface area contributed by atoms with Gasteiger partial charge < -0.3 is 0 Å². The van der Waals surface area contributed by atoms with Crippen molar-refractivity contribution in [1.29, 1.82) is 5.26 Å². The van der Waals surface area contributed by atoms with Gasteiger partial charge in [0.25, 0.3) is 0 Å². The lowest BCUT2D eigenvalue weighted by atomic mass is 9.80. The fraction of sp³-hybridized carbons (Fsp3) is 0.409. The standard InChI is InChI=1S/C22H23F2N/c1-2-3-15-4-7-17(21(23)11-15)8-5-16-6-9-18-12-20(14-25)22(24)13-19(18)10-16/h4,7,11-13,16H,2-3,5-6,8-10H2,1H3. The van der Waals surface area contributed by atoms with Gasteiger partial charge in [-0.15, -0.1) is 0 Å². The summed E-state index contributed by atoms with van der Waals surface area (Å²) < 4.78 is 28.1. The Labute approximate surface area is 148 Å². The van der Waals surface area contributed by atoms with E-state index in [4.69, 9.17) is 5.26 Å². The van der Waals surface area contributed by atoms with Crippen LogP contribution in [-0.4, -0.2) is 0 Å². The largest absolute Gasteiger partial charge is 0.207 e. The van der Waals surface area contributed by atoms with Crippen molar-refractivity contribution >= 4 is 0 Å². The van der Waals surface area contributed by atoms with Gasteiger partial charge in [0.1, 0.15) is 17.7 Å². The number of hydrogen-bond acceptors (Lipinski definition) is 1. The molecule has 0 bridgehead atoms. The van der Waals surface area contributed by atoms with Crippen LogP contribution >= 0.6 is 0 Å². The molecule has 0 saturated heterocycles. The highest BCUT2D eigenvalue weighted by Crippen LogP contribution is 2.30.